The van der Waals surface area contributed by atoms with Gasteiger partial charge in [-0.2, -0.15) is 0 Å². The third-order valence-electron chi connectivity index (χ3n) is 7.36. The van der Waals surface area contributed by atoms with Gasteiger partial charge in [-0.3, -0.25) is 9.88 Å². The van der Waals surface area contributed by atoms with Crippen LogP contribution in [0.25, 0.3) is 17.1 Å². The lowest BCUT2D eigenvalue weighted by atomic mass is 9.77. The van der Waals surface area contributed by atoms with Gasteiger partial charge in [0.1, 0.15) is 11.6 Å². The first kappa shape index (κ1) is 23.1. The molecule has 2 aromatic heterocycles. The maximum atomic E-state index is 10.3. The van der Waals surface area contributed by atoms with Crippen LogP contribution < -0.4 is 4.90 Å². The molecule has 3 aliphatic rings. The predicted octanol–water partition coefficient (Wildman–Crippen LogP) is 2.99. The summed E-state index contributed by atoms with van der Waals surface area (Å²) in [5.74, 6) is 2.52. The molecule has 0 amide bonds. The van der Waals surface area contributed by atoms with Crippen LogP contribution in [0.4, 0.5) is 5.82 Å². The van der Waals surface area contributed by atoms with Gasteiger partial charge in [-0.15, -0.1) is 0 Å². The molecule has 0 radical (unpaired) electrons. The third-order valence-corrected chi connectivity index (χ3v) is 7.36. The van der Waals surface area contributed by atoms with E-state index in [4.69, 9.17) is 14.7 Å². The lowest BCUT2D eigenvalue weighted by molar-refractivity contribution is 0.0390. The Morgan fingerprint density at radius 3 is 2.47 bits per heavy atom. The molecule has 2 aromatic rings. The Morgan fingerprint density at radius 2 is 1.79 bits per heavy atom. The number of aliphatic hydroxyl groups is 1. The van der Waals surface area contributed by atoms with Crippen molar-refractivity contribution in [1.82, 2.24) is 24.8 Å². The molecule has 1 N–H and O–H groups in total. The lowest BCUT2D eigenvalue weighted by Gasteiger charge is -2.41. The number of nitrogens with zero attached hydrogens (tertiary/aromatic N) is 6. The number of hydrogen-bond acceptors (Lipinski definition) is 8. The first-order valence-electron chi connectivity index (χ1n) is 12.2. The number of likely N-dealkylation sites (tertiary alicyclic amines) is 1. The minimum Gasteiger partial charge on any atom is -0.494 e. The van der Waals surface area contributed by atoms with E-state index in [1.807, 2.05) is 39.2 Å². The summed E-state index contributed by atoms with van der Waals surface area (Å²) in [6, 6.07) is 3.93. The highest BCUT2D eigenvalue weighted by atomic mass is 16.5. The van der Waals surface area contributed by atoms with Crippen molar-refractivity contribution in [3.63, 3.8) is 0 Å². The molecule has 5 rings (SSSR count). The van der Waals surface area contributed by atoms with Crippen LogP contribution in [-0.4, -0.2) is 82.3 Å². The Kier molecular flexibility index (Phi) is 5.98. The SMILES string of the molecule is COC1=CN(C)Cc2nc(-c3ccncc3)nc(N3CCC4(CCN(CC(C)(C)O)C4)CC3)c21. The fourth-order valence-electron chi connectivity index (χ4n) is 5.73. The summed E-state index contributed by atoms with van der Waals surface area (Å²) in [7, 11) is 3.76. The van der Waals surface area contributed by atoms with Crippen LogP contribution in [0.2, 0.25) is 0 Å². The van der Waals surface area contributed by atoms with Crippen molar-refractivity contribution in [1.29, 1.82) is 0 Å². The lowest BCUT2D eigenvalue weighted by Crippen LogP contribution is -2.44. The van der Waals surface area contributed by atoms with Crippen LogP contribution in [0.15, 0.2) is 30.7 Å². The van der Waals surface area contributed by atoms with Crippen molar-refractivity contribution in [2.45, 2.75) is 45.3 Å². The zero-order valence-electron chi connectivity index (χ0n) is 20.8. The topological polar surface area (TPSA) is 77.9 Å². The van der Waals surface area contributed by atoms with Gasteiger partial charge in [0.05, 0.1) is 30.5 Å². The maximum Gasteiger partial charge on any atom is 0.161 e. The summed E-state index contributed by atoms with van der Waals surface area (Å²) in [6.07, 6.45) is 9.08. The second-order valence-electron chi connectivity index (χ2n) is 10.8. The molecule has 1 spiro atoms. The molecule has 2 saturated heterocycles. The minimum atomic E-state index is -0.647. The smallest absolute Gasteiger partial charge is 0.161 e. The fourth-order valence-corrected chi connectivity index (χ4v) is 5.73. The molecule has 2 fully saturated rings. The number of β-amino-alcohol motifs (C(OH)–C–C–N with tert-alkyl or cyclic N) is 1. The van der Waals surface area contributed by atoms with E-state index >= 15 is 0 Å². The number of anilines is 1. The van der Waals surface area contributed by atoms with Crippen molar-refractivity contribution in [3.05, 3.63) is 42.0 Å². The van der Waals surface area contributed by atoms with E-state index < -0.39 is 5.60 Å². The largest absolute Gasteiger partial charge is 0.494 e. The fraction of sp³-hybridized carbons (Fsp3) is 0.577. The quantitative estimate of drug-likeness (QED) is 0.724. The molecular formula is C26H36N6O2. The zero-order chi connectivity index (χ0) is 23.9. The molecule has 0 unspecified atom stereocenters. The summed E-state index contributed by atoms with van der Waals surface area (Å²) < 4.78 is 5.79. The van der Waals surface area contributed by atoms with E-state index in [1.165, 1.54) is 6.42 Å². The third kappa shape index (κ3) is 4.61. The number of ether oxygens (including phenoxy) is 1. The van der Waals surface area contributed by atoms with E-state index in [0.29, 0.717) is 5.41 Å². The summed E-state index contributed by atoms with van der Waals surface area (Å²) >= 11 is 0. The van der Waals surface area contributed by atoms with Crippen molar-refractivity contribution < 1.29 is 9.84 Å². The number of rotatable bonds is 5. The molecule has 3 aliphatic heterocycles. The molecule has 0 aromatic carbocycles. The first-order valence-corrected chi connectivity index (χ1v) is 12.2. The molecule has 34 heavy (non-hydrogen) atoms. The van der Waals surface area contributed by atoms with Crippen LogP contribution in [0, 0.1) is 5.41 Å². The Labute approximate surface area is 202 Å². The van der Waals surface area contributed by atoms with E-state index in [9.17, 15) is 5.11 Å². The van der Waals surface area contributed by atoms with E-state index in [1.54, 1.807) is 19.5 Å². The van der Waals surface area contributed by atoms with Crippen molar-refractivity contribution >= 4 is 11.6 Å². The van der Waals surface area contributed by atoms with Crippen LogP contribution in [-0.2, 0) is 11.3 Å². The predicted molar refractivity (Wildman–Crippen MR) is 133 cm³/mol. The summed E-state index contributed by atoms with van der Waals surface area (Å²) in [5, 5.41) is 10.3. The second-order valence-corrected chi connectivity index (χ2v) is 10.8. The monoisotopic (exact) mass is 464 g/mol. The van der Waals surface area contributed by atoms with Gasteiger partial charge in [0.15, 0.2) is 5.82 Å². The standard InChI is InChI=1S/C26H36N6O2/c1-25(2,33)17-31-12-7-26(18-31)8-13-32(14-9-26)24-22-20(15-30(3)16-21(22)34-4)28-23(29-24)19-5-10-27-11-6-19/h5-6,10-11,16,33H,7-9,12-15,17-18H2,1-4H3. The van der Waals surface area contributed by atoms with Crippen LogP contribution >= 0.6 is 0 Å². The molecular weight excluding hydrogens is 428 g/mol. The van der Waals surface area contributed by atoms with Crippen LogP contribution in [0.1, 0.15) is 44.4 Å². The molecule has 182 valence electrons. The Morgan fingerprint density at radius 1 is 1.09 bits per heavy atom. The Hall–Kier alpha value is -2.71. The average Bonchev–Trinajstić information content (AvgIpc) is 3.18. The highest BCUT2D eigenvalue weighted by Gasteiger charge is 2.42. The molecule has 0 atom stereocenters. The summed E-state index contributed by atoms with van der Waals surface area (Å²) in [4.78, 5) is 21.2. The van der Waals surface area contributed by atoms with Gasteiger partial charge in [0.25, 0.3) is 0 Å². The van der Waals surface area contributed by atoms with Crippen molar-refractivity contribution in [3.8, 4) is 11.4 Å². The van der Waals surface area contributed by atoms with Gasteiger partial charge in [-0.05, 0) is 57.2 Å². The van der Waals surface area contributed by atoms with Crippen LogP contribution in [0.3, 0.4) is 0 Å². The first-order chi connectivity index (χ1) is 16.3. The molecule has 8 nitrogen and oxygen atoms in total. The number of methoxy groups -OCH3 is 1. The van der Waals surface area contributed by atoms with Gasteiger partial charge < -0.3 is 19.6 Å². The van der Waals surface area contributed by atoms with Gasteiger partial charge in [-0.1, -0.05) is 0 Å². The number of pyridine rings is 1. The average molecular weight is 465 g/mol. The number of fused-ring (bicyclic) bond motifs is 1. The molecule has 0 saturated carbocycles. The second kappa shape index (κ2) is 8.82. The van der Waals surface area contributed by atoms with E-state index in [0.717, 1.165) is 86.3 Å². The van der Waals surface area contributed by atoms with E-state index in [-0.39, 0.29) is 0 Å². The summed E-state index contributed by atoms with van der Waals surface area (Å²) in [5.41, 5.74) is 2.68. The maximum absolute atomic E-state index is 10.3. The van der Waals surface area contributed by atoms with Gasteiger partial charge in [0.2, 0.25) is 0 Å². The van der Waals surface area contributed by atoms with Crippen molar-refractivity contribution in [2.75, 3.05) is 51.8 Å². The molecule has 8 heteroatoms. The normalized spacial score (nSPS) is 20.4. The Balaban J connectivity index is 1.43. The highest BCUT2D eigenvalue weighted by Crippen LogP contribution is 2.43. The molecule has 5 heterocycles. The number of piperidine rings is 1. The Bertz CT molecular complexity index is 1060. The number of aromatic nitrogens is 3. The number of hydrogen-bond donors (Lipinski definition) is 1. The van der Waals surface area contributed by atoms with Crippen molar-refractivity contribution in [2.24, 2.45) is 5.41 Å². The summed E-state index contributed by atoms with van der Waals surface area (Å²) in [6.45, 7) is 9.33. The van der Waals surface area contributed by atoms with Gasteiger partial charge in [-0.25, -0.2) is 9.97 Å². The minimum absolute atomic E-state index is 0.336. The van der Waals surface area contributed by atoms with E-state index in [2.05, 4.69) is 19.7 Å². The zero-order valence-corrected chi connectivity index (χ0v) is 20.8. The van der Waals surface area contributed by atoms with Crippen LogP contribution in [0.5, 0.6) is 0 Å². The molecule has 0 aliphatic carbocycles. The van der Waals surface area contributed by atoms with Gasteiger partial charge >= 0.3 is 0 Å². The highest BCUT2D eigenvalue weighted by molar-refractivity contribution is 5.75. The molecule has 0 bridgehead atoms. The van der Waals surface area contributed by atoms with Gasteiger partial charge in [0, 0.05) is 57.4 Å².